The first-order chi connectivity index (χ1) is 15.6. The molecule has 4 aromatic rings. The summed E-state index contributed by atoms with van der Waals surface area (Å²) < 4.78 is 5.79. The predicted octanol–water partition coefficient (Wildman–Crippen LogP) is 6.13. The molecule has 0 fully saturated rings. The van der Waals surface area contributed by atoms with Crippen molar-refractivity contribution in [2.45, 2.75) is 26.0 Å². The summed E-state index contributed by atoms with van der Waals surface area (Å²) in [5.74, 6) is 0.698. The number of ether oxygens (including phenoxy) is 1. The maximum atomic E-state index is 12.9. The zero-order chi connectivity index (χ0) is 22.3. The SMILES string of the molecule is Cc1nc(COc2ccc(CC(=O)NC(c3ccccc3)c3ccc(Cl)cc3)cc2)cs1. The van der Waals surface area contributed by atoms with Gasteiger partial charge in [0.25, 0.3) is 0 Å². The summed E-state index contributed by atoms with van der Waals surface area (Å²) in [5.41, 5.74) is 3.84. The fourth-order valence-corrected chi connectivity index (χ4v) is 4.12. The maximum Gasteiger partial charge on any atom is 0.225 e. The molecule has 4 rings (SSSR count). The van der Waals surface area contributed by atoms with Crippen molar-refractivity contribution >= 4 is 28.8 Å². The van der Waals surface area contributed by atoms with Crippen LogP contribution in [0.1, 0.15) is 33.4 Å². The molecule has 0 aliphatic rings. The number of carbonyl (C=O) groups excluding carboxylic acids is 1. The van der Waals surface area contributed by atoms with Crippen molar-refractivity contribution in [3.63, 3.8) is 0 Å². The van der Waals surface area contributed by atoms with Gasteiger partial charge in [0.15, 0.2) is 0 Å². The number of nitrogens with one attached hydrogen (secondary N) is 1. The van der Waals surface area contributed by atoms with Crippen LogP contribution in [0.5, 0.6) is 5.75 Å². The number of thiazole rings is 1. The van der Waals surface area contributed by atoms with Crippen LogP contribution in [0, 0.1) is 6.92 Å². The van der Waals surface area contributed by atoms with E-state index in [9.17, 15) is 4.79 Å². The highest BCUT2D eigenvalue weighted by Crippen LogP contribution is 2.24. The van der Waals surface area contributed by atoms with Crippen molar-refractivity contribution in [3.8, 4) is 5.75 Å². The van der Waals surface area contributed by atoms with Gasteiger partial charge in [-0.25, -0.2) is 4.98 Å². The van der Waals surface area contributed by atoms with Crippen molar-refractivity contribution in [1.29, 1.82) is 0 Å². The quantitative estimate of drug-likeness (QED) is 0.342. The normalized spacial score (nSPS) is 11.7. The summed E-state index contributed by atoms with van der Waals surface area (Å²) in [7, 11) is 0. The van der Waals surface area contributed by atoms with Gasteiger partial charge in [-0.15, -0.1) is 11.3 Å². The number of aromatic nitrogens is 1. The number of nitrogens with zero attached hydrogens (tertiary/aromatic N) is 1. The molecular weight excluding hydrogens is 440 g/mol. The molecule has 3 aromatic carbocycles. The first-order valence-corrected chi connectivity index (χ1v) is 11.5. The number of benzene rings is 3. The molecule has 6 heteroatoms. The molecule has 1 N–H and O–H groups in total. The van der Waals surface area contributed by atoms with Gasteiger partial charge >= 0.3 is 0 Å². The van der Waals surface area contributed by atoms with E-state index in [1.54, 1.807) is 11.3 Å². The Bertz CT molecular complexity index is 1160. The van der Waals surface area contributed by atoms with Crippen molar-refractivity contribution in [3.05, 3.63) is 117 Å². The predicted molar refractivity (Wildman–Crippen MR) is 129 cm³/mol. The Hall–Kier alpha value is -3.15. The lowest BCUT2D eigenvalue weighted by atomic mass is 9.98. The van der Waals surface area contributed by atoms with E-state index in [0.717, 1.165) is 33.1 Å². The highest BCUT2D eigenvalue weighted by molar-refractivity contribution is 7.09. The van der Waals surface area contributed by atoms with Crippen LogP contribution in [0.2, 0.25) is 5.02 Å². The molecule has 0 aliphatic carbocycles. The summed E-state index contributed by atoms with van der Waals surface area (Å²) in [6.45, 7) is 2.41. The number of hydrogen-bond donors (Lipinski definition) is 1. The Morgan fingerprint density at radius 2 is 1.69 bits per heavy atom. The topological polar surface area (TPSA) is 51.2 Å². The molecule has 4 nitrogen and oxygen atoms in total. The summed E-state index contributed by atoms with van der Waals surface area (Å²) in [6, 6.07) is 24.8. The largest absolute Gasteiger partial charge is 0.487 e. The van der Waals surface area contributed by atoms with Crippen LogP contribution in [0.4, 0.5) is 0 Å². The van der Waals surface area contributed by atoms with E-state index in [0.29, 0.717) is 11.6 Å². The minimum atomic E-state index is -0.245. The molecule has 0 radical (unpaired) electrons. The van der Waals surface area contributed by atoms with Crippen molar-refractivity contribution < 1.29 is 9.53 Å². The van der Waals surface area contributed by atoms with Crippen LogP contribution in [0.25, 0.3) is 0 Å². The molecule has 162 valence electrons. The summed E-state index contributed by atoms with van der Waals surface area (Å²) in [6.07, 6.45) is 0.280. The second kappa shape index (κ2) is 10.4. The van der Waals surface area contributed by atoms with Gasteiger partial charge in [-0.05, 0) is 47.9 Å². The number of rotatable bonds is 8. The molecule has 0 bridgehead atoms. The van der Waals surface area contributed by atoms with E-state index < -0.39 is 0 Å². The fraction of sp³-hybridized carbons (Fsp3) is 0.154. The van der Waals surface area contributed by atoms with Crippen LogP contribution in [-0.4, -0.2) is 10.9 Å². The van der Waals surface area contributed by atoms with E-state index in [1.165, 1.54) is 0 Å². The van der Waals surface area contributed by atoms with Crippen molar-refractivity contribution in [2.24, 2.45) is 0 Å². The number of amides is 1. The van der Waals surface area contributed by atoms with Crippen LogP contribution >= 0.6 is 22.9 Å². The van der Waals surface area contributed by atoms with Gasteiger partial charge in [-0.3, -0.25) is 4.79 Å². The second-order valence-electron chi connectivity index (χ2n) is 7.43. The minimum absolute atomic E-state index is 0.0552. The van der Waals surface area contributed by atoms with E-state index in [1.807, 2.05) is 91.2 Å². The Balaban J connectivity index is 1.40. The molecule has 1 heterocycles. The van der Waals surface area contributed by atoms with E-state index in [2.05, 4.69) is 10.3 Å². The van der Waals surface area contributed by atoms with Gasteiger partial charge in [0.1, 0.15) is 12.4 Å². The highest BCUT2D eigenvalue weighted by Gasteiger charge is 2.17. The van der Waals surface area contributed by atoms with Crippen LogP contribution in [0.15, 0.2) is 84.2 Å². The zero-order valence-corrected chi connectivity index (χ0v) is 19.2. The molecular formula is C26H23ClN2O2S. The second-order valence-corrected chi connectivity index (χ2v) is 8.93. The average Bonchev–Trinajstić information content (AvgIpc) is 3.23. The first-order valence-electron chi connectivity index (χ1n) is 10.3. The van der Waals surface area contributed by atoms with E-state index >= 15 is 0 Å². The third-order valence-electron chi connectivity index (χ3n) is 4.98. The molecule has 32 heavy (non-hydrogen) atoms. The van der Waals surface area contributed by atoms with E-state index in [4.69, 9.17) is 16.3 Å². The van der Waals surface area contributed by atoms with Crippen LogP contribution in [0.3, 0.4) is 0 Å². The molecule has 1 aromatic heterocycles. The fourth-order valence-electron chi connectivity index (χ4n) is 3.39. The summed E-state index contributed by atoms with van der Waals surface area (Å²) in [5, 5.41) is 6.85. The number of halogens is 1. The molecule has 0 spiro atoms. The Labute approximate surface area is 196 Å². The summed E-state index contributed by atoms with van der Waals surface area (Å²) >= 11 is 7.65. The lowest BCUT2D eigenvalue weighted by Crippen LogP contribution is -2.30. The number of hydrogen-bond acceptors (Lipinski definition) is 4. The van der Waals surface area contributed by atoms with Gasteiger partial charge < -0.3 is 10.1 Å². The molecule has 1 atom stereocenters. The van der Waals surface area contributed by atoms with Crippen molar-refractivity contribution in [2.75, 3.05) is 0 Å². The molecule has 0 saturated heterocycles. The van der Waals surface area contributed by atoms with Gasteiger partial charge in [0.2, 0.25) is 5.91 Å². The van der Waals surface area contributed by atoms with Gasteiger partial charge in [0, 0.05) is 10.4 Å². The average molecular weight is 463 g/mol. The minimum Gasteiger partial charge on any atom is -0.487 e. The smallest absolute Gasteiger partial charge is 0.225 e. The first kappa shape index (κ1) is 22.1. The number of aryl methyl sites for hydroxylation is 1. The third-order valence-corrected chi connectivity index (χ3v) is 6.06. The Kier molecular flexibility index (Phi) is 7.20. The standard InChI is InChI=1S/C26H23ClN2O2S/c1-18-28-23(17-32-18)16-31-24-13-7-19(8-14-24)15-25(30)29-26(20-5-3-2-4-6-20)21-9-11-22(27)12-10-21/h2-14,17,26H,15-16H2,1H3,(H,29,30). The molecule has 1 amide bonds. The summed E-state index contributed by atoms with van der Waals surface area (Å²) in [4.78, 5) is 17.3. The maximum absolute atomic E-state index is 12.9. The van der Waals surface area contributed by atoms with Crippen LogP contribution in [-0.2, 0) is 17.8 Å². The van der Waals surface area contributed by atoms with Gasteiger partial charge in [0.05, 0.1) is 23.2 Å². The highest BCUT2D eigenvalue weighted by atomic mass is 35.5. The lowest BCUT2D eigenvalue weighted by Gasteiger charge is -2.20. The van der Waals surface area contributed by atoms with Gasteiger partial charge in [-0.1, -0.05) is 66.2 Å². The molecule has 1 unspecified atom stereocenters. The monoisotopic (exact) mass is 462 g/mol. The van der Waals surface area contributed by atoms with E-state index in [-0.39, 0.29) is 18.4 Å². The third kappa shape index (κ3) is 5.96. The van der Waals surface area contributed by atoms with Gasteiger partial charge in [-0.2, -0.15) is 0 Å². The lowest BCUT2D eigenvalue weighted by molar-refractivity contribution is -0.120. The Morgan fingerprint density at radius 1 is 1.00 bits per heavy atom. The zero-order valence-electron chi connectivity index (χ0n) is 17.6. The van der Waals surface area contributed by atoms with Crippen molar-refractivity contribution in [1.82, 2.24) is 10.3 Å². The molecule has 0 aliphatic heterocycles. The van der Waals surface area contributed by atoms with Crippen LogP contribution < -0.4 is 10.1 Å². The Morgan fingerprint density at radius 3 is 2.34 bits per heavy atom. The number of carbonyl (C=O) groups is 1. The molecule has 0 saturated carbocycles.